The lowest BCUT2D eigenvalue weighted by atomic mass is 10.0. The molecular formula is C30H40N4O7. The zero-order chi connectivity index (χ0) is 30.3. The highest BCUT2D eigenvalue weighted by atomic mass is 16.5. The number of aliphatic carboxylic acids is 1. The minimum atomic E-state index is -1.04. The lowest BCUT2D eigenvalue weighted by Gasteiger charge is -2.34. The Morgan fingerprint density at radius 2 is 1.63 bits per heavy atom. The third-order valence-corrected chi connectivity index (χ3v) is 6.97. The van der Waals surface area contributed by atoms with E-state index in [1.807, 2.05) is 36.4 Å². The molecule has 5 N–H and O–H groups in total. The summed E-state index contributed by atoms with van der Waals surface area (Å²) in [6.07, 6.45) is -0.546. The number of carboxylic acid groups (broad SMARTS) is 1. The van der Waals surface area contributed by atoms with E-state index in [1.165, 1.54) is 11.9 Å². The molecule has 0 radical (unpaired) electrons. The van der Waals surface area contributed by atoms with Gasteiger partial charge in [-0.1, -0.05) is 44.2 Å². The average Bonchev–Trinajstić information content (AvgIpc) is 2.95. The number of nitrogens with zero attached hydrogens (tertiary/aromatic N) is 1. The Kier molecular flexibility index (Phi) is 10.8. The van der Waals surface area contributed by atoms with Gasteiger partial charge in [-0.3, -0.25) is 24.2 Å². The normalized spacial score (nSPS) is 18.1. The van der Waals surface area contributed by atoms with Gasteiger partial charge in [-0.05, 0) is 74.4 Å². The number of carbonyl (C=O) groups excluding carboxylic acids is 3. The molecule has 2 aromatic rings. The maximum absolute atomic E-state index is 13.0. The Hall–Kier alpha value is -3.96. The minimum Gasteiger partial charge on any atom is -0.481 e. The molecule has 3 rings (SSSR count). The van der Waals surface area contributed by atoms with Gasteiger partial charge in [-0.25, -0.2) is 5.43 Å². The number of carbonyl (C=O) groups is 4. The van der Waals surface area contributed by atoms with Crippen molar-refractivity contribution in [2.75, 3.05) is 6.54 Å². The van der Waals surface area contributed by atoms with Crippen LogP contribution in [-0.4, -0.2) is 69.7 Å². The van der Waals surface area contributed by atoms with Crippen molar-refractivity contribution in [2.45, 2.75) is 77.8 Å². The van der Waals surface area contributed by atoms with Crippen LogP contribution in [0.2, 0.25) is 0 Å². The molecule has 0 saturated carbocycles. The van der Waals surface area contributed by atoms with Gasteiger partial charge in [0.2, 0.25) is 5.91 Å². The monoisotopic (exact) mass is 568 g/mol. The quantitative estimate of drug-likeness (QED) is 0.277. The zero-order valence-corrected chi connectivity index (χ0v) is 24.1. The SMILES string of the molecule is CC(NC(=O)C(NC(=O)C(C)Oc1ccc(-c2cccc([C@@H](C)O)c2)cc1)C(C)C)C(=O)N1CCCC(C(=O)O)N1. The van der Waals surface area contributed by atoms with E-state index in [4.69, 9.17) is 4.74 Å². The van der Waals surface area contributed by atoms with Crippen molar-refractivity contribution >= 4 is 23.7 Å². The number of carboxylic acids is 1. The molecule has 2 aromatic carbocycles. The number of hydrogen-bond acceptors (Lipinski definition) is 7. The summed E-state index contributed by atoms with van der Waals surface area (Å²) in [5.41, 5.74) is 5.36. The highest BCUT2D eigenvalue weighted by Crippen LogP contribution is 2.25. The van der Waals surface area contributed by atoms with Crippen LogP contribution in [0.5, 0.6) is 5.75 Å². The summed E-state index contributed by atoms with van der Waals surface area (Å²) in [5.74, 6) is -2.34. The Morgan fingerprint density at radius 1 is 0.951 bits per heavy atom. The van der Waals surface area contributed by atoms with E-state index in [0.29, 0.717) is 25.1 Å². The van der Waals surface area contributed by atoms with Crippen molar-refractivity contribution in [3.8, 4) is 16.9 Å². The fraction of sp³-hybridized carbons (Fsp3) is 0.467. The molecule has 1 saturated heterocycles. The van der Waals surface area contributed by atoms with Gasteiger partial charge in [0.15, 0.2) is 6.10 Å². The Labute approximate surface area is 240 Å². The first-order chi connectivity index (χ1) is 19.4. The molecule has 222 valence electrons. The van der Waals surface area contributed by atoms with E-state index in [2.05, 4.69) is 16.1 Å². The Balaban J connectivity index is 1.57. The first kappa shape index (κ1) is 31.6. The molecule has 3 amide bonds. The number of aliphatic hydroxyl groups is 1. The number of benzene rings is 2. The van der Waals surface area contributed by atoms with Gasteiger partial charge < -0.3 is 25.6 Å². The van der Waals surface area contributed by atoms with Crippen LogP contribution in [0.1, 0.15) is 59.1 Å². The summed E-state index contributed by atoms with van der Waals surface area (Å²) in [5, 5.41) is 25.7. The molecule has 41 heavy (non-hydrogen) atoms. The van der Waals surface area contributed by atoms with Crippen LogP contribution in [0.3, 0.4) is 0 Å². The fourth-order valence-corrected chi connectivity index (χ4v) is 4.49. The van der Waals surface area contributed by atoms with Crippen molar-refractivity contribution in [3.05, 3.63) is 54.1 Å². The number of aliphatic hydroxyl groups excluding tert-OH is 1. The molecule has 11 nitrogen and oxygen atoms in total. The molecule has 0 aromatic heterocycles. The molecule has 5 atom stereocenters. The summed E-state index contributed by atoms with van der Waals surface area (Å²) >= 11 is 0. The maximum Gasteiger partial charge on any atom is 0.322 e. The molecule has 1 aliphatic rings. The van der Waals surface area contributed by atoms with Gasteiger partial charge in [-0.2, -0.15) is 0 Å². The summed E-state index contributed by atoms with van der Waals surface area (Å²) in [7, 11) is 0. The summed E-state index contributed by atoms with van der Waals surface area (Å²) in [6, 6.07) is 12.1. The predicted molar refractivity (Wildman–Crippen MR) is 152 cm³/mol. The highest BCUT2D eigenvalue weighted by molar-refractivity contribution is 5.93. The van der Waals surface area contributed by atoms with Crippen molar-refractivity contribution in [3.63, 3.8) is 0 Å². The van der Waals surface area contributed by atoms with Crippen LogP contribution in [0.4, 0.5) is 0 Å². The number of nitrogens with one attached hydrogen (secondary N) is 3. The van der Waals surface area contributed by atoms with Gasteiger partial charge in [0.25, 0.3) is 11.8 Å². The Bertz CT molecular complexity index is 1230. The standard InChI is InChI=1S/C30H40N4O7/c1-17(2)26(28(37)31-18(3)29(38)34-15-7-10-25(33-34)30(39)40)32-27(36)20(5)41-24-13-11-21(12-14-24)23-9-6-8-22(16-23)19(4)35/h6,8-9,11-14,16-20,25-26,33,35H,7,10,15H2,1-5H3,(H,31,37)(H,32,36)(H,39,40)/t18?,19-,20?,25?,26?/m1/s1. The number of amides is 3. The van der Waals surface area contributed by atoms with Gasteiger partial charge in [0, 0.05) is 6.54 Å². The summed E-state index contributed by atoms with van der Waals surface area (Å²) in [6.45, 7) is 8.69. The third-order valence-electron chi connectivity index (χ3n) is 6.97. The van der Waals surface area contributed by atoms with E-state index in [0.717, 1.165) is 16.7 Å². The zero-order valence-electron chi connectivity index (χ0n) is 24.1. The van der Waals surface area contributed by atoms with Crippen molar-refractivity contribution in [2.24, 2.45) is 5.92 Å². The van der Waals surface area contributed by atoms with Crippen LogP contribution >= 0.6 is 0 Å². The second kappa shape index (κ2) is 14.1. The van der Waals surface area contributed by atoms with Crippen molar-refractivity contribution in [1.82, 2.24) is 21.1 Å². The van der Waals surface area contributed by atoms with Crippen molar-refractivity contribution < 1.29 is 34.1 Å². The number of hydrogen-bond donors (Lipinski definition) is 5. The van der Waals surface area contributed by atoms with Crippen LogP contribution < -0.4 is 20.8 Å². The van der Waals surface area contributed by atoms with Crippen LogP contribution in [0, 0.1) is 5.92 Å². The topological polar surface area (TPSA) is 157 Å². The molecule has 1 fully saturated rings. The van der Waals surface area contributed by atoms with E-state index >= 15 is 0 Å². The van der Waals surface area contributed by atoms with E-state index in [1.54, 1.807) is 39.8 Å². The number of ether oxygens (including phenoxy) is 1. The van der Waals surface area contributed by atoms with E-state index in [-0.39, 0.29) is 5.92 Å². The smallest absolute Gasteiger partial charge is 0.322 e. The maximum atomic E-state index is 13.0. The molecule has 1 heterocycles. The minimum absolute atomic E-state index is 0.283. The molecule has 11 heteroatoms. The van der Waals surface area contributed by atoms with Crippen LogP contribution in [0.15, 0.2) is 48.5 Å². The number of rotatable bonds is 11. The van der Waals surface area contributed by atoms with Gasteiger partial charge in [0.05, 0.1) is 6.10 Å². The van der Waals surface area contributed by atoms with Gasteiger partial charge in [0.1, 0.15) is 23.9 Å². The number of hydrazine groups is 1. The highest BCUT2D eigenvalue weighted by Gasteiger charge is 2.33. The van der Waals surface area contributed by atoms with Crippen LogP contribution in [0.25, 0.3) is 11.1 Å². The molecule has 0 aliphatic carbocycles. The molecule has 0 spiro atoms. The lowest BCUT2D eigenvalue weighted by Crippen LogP contribution is -2.61. The second-order valence-corrected chi connectivity index (χ2v) is 10.7. The summed E-state index contributed by atoms with van der Waals surface area (Å²) in [4.78, 5) is 50.1. The van der Waals surface area contributed by atoms with E-state index < -0.39 is 54.0 Å². The van der Waals surface area contributed by atoms with Gasteiger partial charge >= 0.3 is 5.97 Å². The van der Waals surface area contributed by atoms with Gasteiger partial charge in [-0.15, -0.1) is 0 Å². The lowest BCUT2D eigenvalue weighted by molar-refractivity contribution is -0.148. The molecular weight excluding hydrogens is 528 g/mol. The summed E-state index contributed by atoms with van der Waals surface area (Å²) < 4.78 is 5.82. The third kappa shape index (κ3) is 8.51. The van der Waals surface area contributed by atoms with Crippen molar-refractivity contribution in [1.29, 1.82) is 0 Å². The first-order valence-electron chi connectivity index (χ1n) is 13.8. The molecule has 4 unspecified atom stereocenters. The molecule has 0 bridgehead atoms. The van der Waals surface area contributed by atoms with E-state index in [9.17, 15) is 29.4 Å². The second-order valence-electron chi connectivity index (χ2n) is 10.7. The fourth-order valence-electron chi connectivity index (χ4n) is 4.49. The Morgan fingerprint density at radius 3 is 2.24 bits per heavy atom. The van der Waals surface area contributed by atoms with Crippen LogP contribution in [-0.2, 0) is 19.2 Å². The predicted octanol–water partition coefficient (Wildman–Crippen LogP) is 2.40. The molecule has 1 aliphatic heterocycles. The largest absolute Gasteiger partial charge is 0.481 e. The first-order valence-corrected chi connectivity index (χ1v) is 13.8. The average molecular weight is 569 g/mol.